The molecule has 1 aliphatic rings. The minimum absolute atomic E-state index is 0.0103. The van der Waals surface area contributed by atoms with Crippen LogP contribution in [0.5, 0.6) is 0 Å². The van der Waals surface area contributed by atoms with Crippen LogP contribution in [-0.4, -0.2) is 50.6 Å². The number of nitro groups is 1. The summed E-state index contributed by atoms with van der Waals surface area (Å²) < 4.78 is 0. The maximum atomic E-state index is 12.3. The van der Waals surface area contributed by atoms with E-state index < -0.39 is 17.0 Å². The van der Waals surface area contributed by atoms with E-state index in [4.69, 9.17) is 5.11 Å². The third-order valence-electron chi connectivity index (χ3n) is 4.99. The second-order valence-electron chi connectivity index (χ2n) is 7.34. The van der Waals surface area contributed by atoms with Crippen LogP contribution in [0.3, 0.4) is 0 Å². The Morgan fingerprint density at radius 2 is 2.03 bits per heavy atom. The number of hydrogen-bond donors (Lipinski definition) is 2. The lowest BCUT2D eigenvalue weighted by atomic mass is 9.99. The first-order valence-corrected chi connectivity index (χ1v) is 10.1. The van der Waals surface area contributed by atoms with E-state index in [0.29, 0.717) is 32.2 Å². The second kappa shape index (κ2) is 11.9. The summed E-state index contributed by atoms with van der Waals surface area (Å²) in [6.45, 7) is 0.458. The maximum absolute atomic E-state index is 12.3. The van der Waals surface area contributed by atoms with E-state index in [1.807, 2.05) is 18.2 Å². The summed E-state index contributed by atoms with van der Waals surface area (Å²) in [6, 6.07) is 5.98. The highest BCUT2D eigenvalue weighted by atomic mass is 16.6. The zero-order valence-electron chi connectivity index (χ0n) is 16.9. The summed E-state index contributed by atoms with van der Waals surface area (Å²) in [5.41, 5.74) is 0.801. The van der Waals surface area contributed by atoms with Crippen LogP contribution in [0.25, 0.3) is 0 Å². The summed E-state index contributed by atoms with van der Waals surface area (Å²) in [7, 11) is 0. The standard InChI is InChI=1S/C22H28N2O6/c25-20(16-17-9-11-19(12-10-17)24(29)30)14-13-18-6-5-7-21(26)23(18)15-4-2-1-3-8-22(27)28/h2,4,9-14,18,20,25H,1,3,5-8,15-16H2,(H,27,28)/b4-2-,14-13+/t18-,20?/m1/s1. The van der Waals surface area contributed by atoms with Gasteiger partial charge >= 0.3 is 5.97 Å². The molecule has 1 unspecified atom stereocenters. The third kappa shape index (κ3) is 7.79. The van der Waals surface area contributed by atoms with Gasteiger partial charge in [-0.25, -0.2) is 0 Å². The highest BCUT2D eigenvalue weighted by Gasteiger charge is 2.25. The van der Waals surface area contributed by atoms with Gasteiger partial charge < -0.3 is 15.1 Å². The molecule has 1 heterocycles. The number of allylic oxidation sites excluding steroid dienone is 1. The lowest BCUT2D eigenvalue weighted by Crippen LogP contribution is -2.42. The normalized spacial score (nSPS) is 18.2. The van der Waals surface area contributed by atoms with Gasteiger partial charge in [0, 0.05) is 37.9 Å². The molecule has 0 bridgehead atoms. The van der Waals surface area contributed by atoms with Crippen molar-refractivity contribution in [2.24, 2.45) is 0 Å². The highest BCUT2D eigenvalue weighted by molar-refractivity contribution is 5.77. The van der Waals surface area contributed by atoms with Crippen LogP contribution in [0.1, 0.15) is 44.1 Å². The topological polar surface area (TPSA) is 121 Å². The van der Waals surface area contributed by atoms with Gasteiger partial charge in [-0.2, -0.15) is 0 Å². The Bertz CT molecular complexity index is 787. The molecule has 1 aliphatic heterocycles. The molecule has 2 atom stereocenters. The fraction of sp³-hybridized carbons (Fsp3) is 0.455. The molecule has 0 aromatic heterocycles. The van der Waals surface area contributed by atoms with Crippen LogP contribution in [0, 0.1) is 10.1 Å². The number of carboxylic acid groups (broad SMARTS) is 1. The second-order valence-corrected chi connectivity index (χ2v) is 7.34. The molecule has 1 aromatic carbocycles. The molecule has 1 fully saturated rings. The number of aliphatic carboxylic acids is 1. The first-order valence-electron chi connectivity index (χ1n) is 10.1. The molecule has 30 heavy (non-hydrogen) atoms. The number of aliphatic hydroxyl groups is 1. The molecule has 0 radical (unpaired) electrons. The van der Waals surface area contributed by atoms with Gasteiger partial charge in [-0.15, -0.1) is 0 Å². The van der Waals surface area contributed by atoms with Crippen molar-refractivity contribution in [3.8, 4) is 0 Å². The number of nitrogens with zero attached hydrogens (tertiary/aromatic N) is 2. The smallest absolute Gasteiger partial charge is 0.303 e. The van der Waals surface area contributed by atoms with Crippen LogP contribution in [-0.2, 0) is 16.0 Å². The van der Waals surface area contributed by atoms with Crippen LogP contribution in [0.15, 0.2) is 48.6 Å². The Balaban J connectivity index is 1.88. The molecular weight excluding hydrogens is 388 g/mol. The lowest BCUT2D eigenvalue weighted by Gasteiger charge is -2.33. The first kappa shape index (κ1) is 23.3. The zero-order valence-corrected chi connectivity index (χ0v) is 16.9. The number of amides is 1. The number of piperidine rings is 1. The monoisotopic (exact) mass is 416 g/mol. The van der Waals surface area contributed by atoms with Crippen molar-refractivity contribution < 1.29 is 24.7 Å². The van der Waals surface area contributed by atoms with E-state index in [9.17, 15) is 24.8 Å². The predicted molar refractivity (Wildman–Crippen MR) is 112 cm³/mol. The molecule has 2 N–H and O–H groups in total. The number of carbonyl (C=O) groups excluding carboxylic acids is 1. The van der Waals surface area contributed by atoms with Crippen LogP contribution >= 0.6 is 0 Å². The van der Waals surface area contributed by atoms with Crippen molar-refractivity contribution >= 4 is 17.6 Å². The first-order chi connectivity index (χ1) is 14.4. The number of carboxylic acids is 1. The van der Waals surface area contributed by atoms with Crippen LogP contribution in [0.2, 0.25) is 0 Å². The Labute approximate surface area is 175 Å². The fourth-order valence-corrected chi connectivity index (χ4v) is 3.38. The number of hydrogen-bond acceptors (Lipinski definition) is 5. The molecule has 1 amide bonds. The van der Waals surface area contributed by atoms with Gasteiger partial charge in [0.05, 0.1) is 17.1 Å². The van der Waals surface area contributed by atoms with Crippen molar-refractivity contribution in [2.75, 3.05) is 6.54 Å². The molecule has 8 heteroatoms. The number of non-ortho nitro benzene ring substituents is 1. The number of nitro benzene ring substituents is 1. The highest BCUT2D eigenvalue weighted by Crippen LogP contribution is 2.20. The molecule has 1 saturated heterocycles. The summed E-state index contributed by atoms with van der Waals surface area (Å²) in [4.78, 5) is 34.8. The maximum Gasteiger partial charge on any atom is 0.303 e. The summed E-state index contributed by atoms with van der Waals surface area (Å²) in [5.74, 6) is -0.747. The lowest BCUT2D eigenvalue weighted by molar-refractivity contribution is -0.384. The Hall–Kier alpha value is -3.00. The van der Waals surface area contributed by atoms with Gasteiger partial charge in [-0.05, 0) is 31.2 Å². The number of carbonyl (C=O) groups is 2. The number of benzene rings is 1. The zero-order chi connectivity index (χ0) is 21.9. The van der Waals surface area contributed by atoms with Gasteiger partial charge in [-0.1, -0.05) is 36.4 Å². The quantitative estimate of drug-likeness (QED) is 0.247. The van der Waals surface area contributed by atoms with E-state index in [1.54, 1.807) is 23.1 Å². The molecule has 0 aliphatic carbocycles. The molecule has 162 valence electrons. The van der Waals surface area contributed by atoms with Gasteiger partial charge in [-0.3, -0.25) is 19.7 Å². The Morgan fingerprint density at radius 3 is 2.70 bits per heavy atom. The third-order valence-corrected chi connectivity index (χ3v) is 4.99. The van der Waals surface area contributed by atoms with Crippen molar-refractivity contribution in [3.05, 3.63) is 64.2 Å². The van der Waals surface area contributed by atoms with Gasteiger partial charge in [0.25, 0.3) is 5.69 Å². The number of likely N-dealkylation sites (tertiary alicyclic amines) is 1. The van der Waals surface area contributed by atoms with Crippen LogP contribution < -0.4 is 0 Å². The predicted octanol–water partition coefficient (Wildman–Crippen LogP) is 3.25. The fourth-order valence-electron chi connectivity index (χ4n) is 3.38. The molecule has 2 rings (SSSR count). The van der Waals surface area contributed by atoms with Crippen molar-refractivity contribution in [1.82, 2.24) is 4.90 Å². The van der Waals surface area contributed by atoms with E-state index in [2.05, 4.69) is 0 Å². The summed E-state index contributed by atoms with van der Waals surface area (Å²) in [6.07, 6.45) is 10.4. The van der Waals surface area contributed by atoms with Crippen LogP contribution in [0.4, 0.5) is 5.69 Å². The number of rotatable bonds is 11. The molecule has 0 spiro atoms. The molecule has 1 aromatic rings. The van der Waals surface area contributed by atoms with E-state index in [1.165, 1.54) is 12.1 Å². The van der Waals surface area contributed by atoms with Crippen molar-refractivity contribution in [1.29, 1.82) is 0 Å². The van der Waals surface area contributed by atoms with E-state index in [0.717, 1.165) is 18.4 Å². The number of aliphatic hydroxyl groups excluding tert-OH is 1. The Morgan fingerprint density at radius 1 is 1.30 bits per heavy atom. The van der Waals surface area contributed by atoms with E-state index >= 15 is 0 Å². The average molecular weight is 416 g/mol. The molecule has 0 saturated carbocycles. The summed E-state index contributed by atoms with van der Waals surface area (Å²) in [5, 5.41) is 29.6. The van der Waals surface area contributed by atoms with Crippen molar-refractivity contribution in [2.45, 2.75) is 57.1 Å². The molecule has 8 nitrogen and oxygen atoms in total. The van der Waals surface area contributed by atoms with Crippen molar-refractivity contribution in [3.63, 3.8) is 0 Å². The SMILES string of the molecule is O=C(O)CCC/C=C\CN1C(=O)CCC[C@@H]1/C=C/C(O)Cc1ccc([N+](=O)[O-])cc1. The van der Waals surface area contributed by atoms with E-state index in [-0.39, 0.29) is 24.1 Å². The van der Waals surface area contributed by atoms with Gasteiger partial charge in [0.1, 0.15) is 0 Å². The van der Waals surface area contributed by atoms with Gasteiger partial charge in [0.2, 0.25) is 5.91 Å². The minimum Gasteiger partial charge on any atom is -0.481 e. The largest absolute Gasteiger partial charge is 0.481 e. The molecular formula is C22H28N2O6. The minimum atomic E-state index is -0.813. The number of unbranched alkanes of at least 4 members (excludes halogenated alkanes) is 1. The summed E-state index contributed by atoms with van der Waals surface area (Å²) >= 11 is 0. The average Bonchev–Trinajstić information content (AvgIpc) is 2.70. The van der Waals surface area contributed by atoms with Gasteiger partial charge in [0.15, 0.2) is 0 Å². The Kier molecular flexibility index (Phi) is 9.21.